The number of aryl methyl sites for hydroxylation is 1. The lowest BCUT2D eigenvalue weighted by Crippen LogP contribution is -2.15. The van der Waals surface area contributed by atoms with Crippen LogP contribution in [-0.4, -0.2) is 5.91 Å². The molecule has 0 aliphatic rings. The van der Waals surface area contributed by atoms with Gasteiger partial charge in [-0.05, 0) is 65.4 Å². The molecule has 1 amide bonds. The van der Waals surface area contributed by atoms with Gasteiger partial charge < -0.3 is 11.1 Å². The first-order valence-electron chi connectivity index (χ1n) is 5.70. The number of rotatable bonds is 2. The second-order valence-corrected chi connectivity index (χ2v) is 5.93. The fourth-order valence-corrected chi connectivity index (χ4v) is 2.65. The Morgan fingerprint density at radius 3 is 2.70 bits per heavy atom. The van der Waals surface area contributed by atoms with Gasteiger partial charge in [-0.2, -0.15) is 0 Å². The van der Waals surface area contributed by atoms with Crippen LogP contribution in [0, 0.1) is 16.3 Å². The Hall–Kier alpha value is -1.34. The number of nitrogens with two attached hydrogens (primary N) is 1. The lowest BCUT2D eigenvalue weighted by atomic mass is 10.1. The van der Waals surface area contributed by atoms with Crippen molar-refractivity contribution in [3.63, 3.8) is 0 Å². The normalized spacial score (nSPS) is 10.4. The highest BCUT2D eigenvalue weighted by atomic mass is 127. The molecule has 0 unspecified atom stereocenters. The van der Waals surface area contributed by atoms with Gasteiger partial charge in [0.25, 0.3) is 5.91 Å². The molecule has 6 heteroatoms. The van der Waals surface area contributed by atoms with Crippen LogP contribution in [0.1, 0.15) is 15.9 Å². The smallest absolute Gasteiger partial charge is 0.258 e. The van der Waals surface area contributed by atoms with Gasteiger partial charge in [-0.25, -0.2) is 4.39 Å². The van der Waals surface area contributed by atoms with E-state index in [-0.39, 0.29) is 5.56 Å². The van der Waals surface area contributed by atoms with Gasteiger partial charge >= 0.3 is 0 Å². The SMILES string of the molecule is Cc1cc(N)cc(C(=O)Nc2ccc(I)cc2Cl)c1F. The molecule has 0 spiro atoms. The maximum atomic E-state index is 13.9. The summed E-state index contributed by atoms with van der Waals surface area (Å²) < 4.78 is 14.9. The summed E-state index contributed by atoms with van der Waals surface area (Å²) in [6.07, 6.45) is 0. The van der Waals surface area contributed by atoms with Crippen molar-refractivity contribution in [2.24, 2.45) is 0 Å². The molecule has 0 bridgehead atoms. The van der Waals surface area contributed by atoms with Crippen molar-refractivity contribution in [3.8, 4) is 0 Å². The Labute approximate surface area is 134 Å². The number of halogens is 3. The van der Waals surface area contributed by atoms with Crippen LogP contribution in [0.2, 0.25) is 5.02 Å². The predicted molar refractivity (Wildman–Crippen MR) is 87.7 cm³/mol. The van der Waals surface area contributed by atoms with Crippen LogP contribution in [0.5, 0.6) is 0 Å². The van der Waals surface area contributed by atoms with Crippen LogP contribution in [0.4, 0.5) is 15.8 Å². The number of anilines is 2. The molecule has 2 rings (SSSR count). The van der Waals surface area contributed by atoms with Crippen LogP contribution in [0.25, 0.3) is 0 Å². The third-order valence-corrected chi connectivity index (χ3v) is 3.68. The van der Waals surface area contributed by atoms with Crippen LogP contribution in [-0.2, 0) is 0 Å². The van der Waals surface area contributed by atoms with Gasteiger partial charge in [0.15, 0.2) is 0 Å². The van der Waals surface area contributed by atoms with Gasteiger partial charge in [-0.1, -0.05) is 11.6 Å². The number of carbonyl (C=O) groups is 1. The second-order valence-electron chi connectivity index (χ2n) is 4.28. The molecule has 2 aromatic rings. The molecule has 0 radical (unpaired) electrons. The topological polar surface area (TPSA) is 55.1 Å². The van der Waals surface area contributed by atoms with Gasteiger partial charge in [0.1, 0.15) is 5.82 Å². The van der Waals surface area contributed by atoms with E-state index in [9.17, 15) is 9.18 Å². The first-order chi connectivity index (χ1) is 9.38. The van der Waals surface area contributed by atoms with Crippen molar-refractivity contribution in [1.82, 2.24) is 0 Å². The van der Waals surface area contributed by atoms with Crippen LogP contribution >= 0.6 is 34.2 Å². The minimum Gasteiger partial charge on any atom is -0.399 e. The second kappa shape index (κ2) is 5.97. The molecule has 20 heavy (non-hydrogen) atoms. The molecule has 0 aromatic heterocycles. The van der Waals surface area contributed by atoms with Gasteiger partial charge in [-0.15, -0.1) is 0 Å². The molecule has 0 fully saturated rings. The third kappa shape index (κ3) is 3.21. The molecular weight excluding hydrogens is 394 g/mol. The lowest BCUT2D eigenvalue weighted by molar-refractivity contribution is 0.102. The van der Waals surface area contributed by atoms with Crippen LogP contribution in [0.3, 0.4) is 0 Å². The number of benzene rings is 2. The average molecular weight is 405 g/mol. The first kappa shape index (κ1) is 15.1. The van der Waals surface area contributed by atoms with Crippen molar-refractivity contribution >= 4 is 51.5 Å². The van der Waals surface area contributed by atoms with Crippen molar-refractivity contribution in [1.29, 1.82) is 0 Å². The number of amides is 1. The highest BCUT2D eigenvalue weighted by Gasteiger charge is 2.16. The number of hydrogen-bond donors (Lipinski definition) is 2. The van der Waals surface area contributed by atoms with E-state index >= 15 is 0 Å². The van der Waals surface area contributed by atoms with Crippen LogP contribution < -0.4 is 11.1 Å². The Bertz CT molecular complexity index is 691. The largest absolute Gasteiger partial charge is 0.399 e. The molecule has 0 aliphatic heterocycles. The summed E-state index contributed by atoms with van der Waals surface area (Å²) in [6.45, 7) is 1.56. The van der Waals surface area contributed by atoms with Crippen LogP contribution in [0.15, 0.2) is 30.3 Å². The zero-order valence-electron chi connectivity index (χ0n) is 10.5. The number of hydrogen-bond acceptors (Lipinski definition) is 2. The maximum Gasteiger partial charge on any atom is 0.258 e. The summed E-state index contributed by atoms with van der Waals surface area (Å²) in [5, 5.41) is 2.97. The van der Waals surface area contributed by atoms with E-state index in [2.05, 4.69) is 27.9 Å². The van der Waals surface area contributed by atoms with Gasteiger partial charge in [0.05, 0.1) is 16.3 Å². The molecule has 0 atom stereocenters. The van der Waals surface area contributed by atoms with E-state index in [1.807, 2.05) is 0 Å². The molecule has 0 aliphatic carbocycles. The third-order valence-electron chi connectivity index (χ3n) is 2.70. The molecule has 0 saturated carbocycles. The molecule has 104 valence electrons. The van der Waals surface area contributed by atoms with E-state index in [0.29, 0.717) is 22.0 Å². The van der Waals surface area contributed by atoms with E-state index in [1.165, 1.54) is 12.1 Å². The lowest BCUT2D eigenvalue weighted by Gasteiger charge is -2.10. The van der Waals surface area contributed by atoms with Crippen molar-refractivity contribution in [2.45, 2.75) is 6.92 Å². The highest BCUT2D eigenvalue weighted by Crippen LogP contribution is 2.25. The minimum atomic E-state index is -0.585. The molecular formula is C14H11ClFIN2O. The fourth-order valence-electron chi connectivity index (χ4n) is 1.74. The zero-order chi connectivity index (χ0) is 14.9. The molecule has 3 N–H and O–H groups in total. The monoisotopic (exact) mass is 404 g/mol. The Kier molecular flexibility index (Phi) is 4.49. The van der Waals surface area contributed by atoms with Gasteiger partial charge in [-0.3, -0.25) is 4.79 Å². The summed E-state index contributed by atoms with van der Waals surface area (Å²) >= 11 is 8.13. The van der Waals surface area contributed by atoms with E-state index in [1.54, 1.807) is 25.1 Å². The Morgan fingerprint density at radius 2 is 2.05 bits per heavy atom. The van der Waals surface area contributed by atoms with E-state index in [4.69, 9.17) is 17.3 Å². The maximum absolute atomic E-state index is 13.9. The summed E-state index contributed by atoms with van der Waals surface area (Å²) in [5.74, 6) is -1.17. The predicted octanol–water partition coefficient (Wildman–Crippen LogP) is 4.23. The van der Waals surface area contributed by atoms with Crippen molar-refractivity contribution in [2.75, 3.05) is 11.1 Å². The van der Waals surface area contributed by atoms with Gasteiger partial charge in [0.2, 0.25) is 0 Å². The summed E-state index contributed by atoms with van der Waals surface area (Å²) in [5.41, 5.74) is 6.62. The fraction of sp³-hybridized carbons (Fsp3) is 0.0714. The molecule has 2 aromatic carbocycles. The molecule has 0 heterocycles. The summed E-state index contributed by atoms with van der Waals surface area (Å²) in [7, 11) is 0. The molecule has 3 nitrogen and oxygen atoms in total. The Morgan fingerprint density at radius 1 is 1.35 bits per heavy atom. The van der Waals surface area contributed by atoms with Gasteiger partial charge in [0, 0.05) is 9.26 Å². The first-order valence-corrected chi connectivity index (χ1v) is 7.16. The van der Waals surface area contributed by atoms with Crippen molar-refractivity contribution < 1.29 is 9.18 Å². The number of nitrogens with one attached hydrogen (secondary N) is 1. The average Bonchev–Trinajstić information content (AvgIpc) is 2.37. The standard InChI is InChI=1S/C14H11ClFIN2O/c1-7-4-9(18)6-10(13(7)16)14(20)19-12-3-2-8(17)5-11(12)15/h2-6H,18H2,1H3,(H,19,20). The Balaban J connectivity index is 2.33. The number of nitrogen functional groups attached to an aromatic ring is 1. The summed E-state index contributed by atoms with van der Waals surface area (Å²) in [6, 6.07) is 7.95. The molecule has 0 saturated heterocycles. The number of carbonyl (C=O) groups excluding carboxylic acids is 1. The quantitative estimate of drug-likeness (QED) is 0.581. The minimum absolute atomic E-state index is 0.0999. The zero-order valence-corrected chi connectivity index (χ0v) is 13.4. The summed E-state index contributed by atoms with van der Waals surface area (Å²) in [4.78, 5) is 12.1. The highest BCUT2D eigenvalue weighted by molar-refractivity contribution is 14.1. The van der Waals surface area contributed by atoms with E-state index in [0.717, 1.165) is 3.57 Å². The van der Waals surface area contributed by atoms with Crippen molar-refractivity contribution in [3.05, 3.63) is 55.9 Å². The van der Waals surface area contributed by atoms with E-state index < -0.39 is 11.7 Å².